The largest absolute Gasteiger partial charge is 0.370 e. The Morgan fingerprint density at radius 2 is 2.00 bits per heavy atom. The van der Waals surface area contributed by atoms with Crippen molar-refractivity contribution in [3.05, 3.63) is 6.07 Å². The predicted octanol–water partition coefficient (Wildman–Crippen LogP) is 3.87. The second kappa shape index (κ2) is 7.72. The minimum Gasteiger partial charge on any atom is -0.370 e. The molecule has 20 heavy (non-hydrogen) atoms. The minimum atomic E-state index is 0.796. The number of hydrogen-bond donors (Lipinski definition) is 2. The zero-order valence-corrected chi connectivity index (χ0v) is 13.6. The monoisotopic (exact) mass is 294 g/mol. The fourth-order valence-electron chi connectivity index (χ4n) is 2.71. The molecule has 1 heterocycles. The first-order valence-corrected chi connectivity index (χ1v) is 8.84. The van der Waals surface area contributed by atoms with Gasteiger partial charge in [0.25, 0.3) is 0 Å². The molecule has 0 spiro atoms. The van der Waals surface area contributed by atoms with Crippen molar-refractivity contribution in [1.82, 2.24) is 9.97 Å². The van der Waals surface area contributed by atoms with Crippen LogP contribution in [0.25, 0.3) is 0 Å². The van der Waals surface area contributed by atoms with Crippen molar-refractivity contribution >= 4 is 23.4 Å². The number of thioether (sulfide) groups is 1. The summed E-state index contributed by atoms with van der Waals surface area (Å²) < 4.78 is 0. The van der Waals surface area contributed by atoms with Gasteiger partial charge in [0.05, 0.1) is 0 Å². The summed E-state index contributed by atoms with van der Waals surface area (Å²) >= 11 is 1.59. The predicted molar refractivity (Wildman–Crippen MR) is 87.6 cm³/mol. The Bertz CT molecular complexity index is 424. The molecular weight excluding hydrogens is 268 g/mol. The molecule has 0 aliphatic heterocycles. The van der Waals surface area contributed by atoms with Gasteiger partial charge in [0.2, 0.25) is 0 Å². The average molecular weight is 294 g/mol. The number of aromatic nitrogens is 2. The SMILES string of the molecule is CCCNc1cc(NCC2CCC(C)C2)nc(SC)n1. The van der Waals surface area contributed by atoms with Crippen LogP contribution in [0.15, 0.2) is 11.2 Å². The quantitative estimate of drug-likeness (QED) is 0.590. The van der Waals surface area contributed by atoms with E-state index < -0.39 is 0 Å². The molecule has 5 heteroatoms. The summed E-state index contributed by atoms with van der Waals surface area (Å²) in [6, 6.07) is 2.02. The fraction of sp³-hybridized carbons (Fsp3) is 0.733. The highest BCUT2D eigenvalue weighted by molar-refractivity contribution is 7.98. The lowest BCUT2D eigenvalue weighted by Gasteiger charge is -2.13. The molecule has 1 saturated carbocycles. The molecule has 112 valence electrons. The molecule has 2 atom stereocenters. The molecule has 0 amide bonds. The molecule has 1 aliphatic carbocycles. The van der Waals surface area contributed by atoms with Gasteiger partial charge >= 0.3 is 0 Å². The Balaban J connectivity index is 1.95. The first-order chi connectivity index (χ1) is 9.71. The molecule has 0 radical (unpaired) electrons. The molecular formula is C15H26N4S. The van der Waals surface area contributed by atoms with Gasteiger partial charge in [-0.2, -0.15) is 0 Å². The van der Waals surface area contributed by atoms with Gasteiger partial charge in [0.15, 0.2) is 5.16 Å². The molecule has 1 aromatic heterocycles. The first kappa shape index (κ1) is 15.4. The zero-order valence-electron chi connectivity index (χ0n) is 12.8. The van der Waals surface area contributed by atoms with E-state index in [1.54, 1.807) is 11.8 Å². The van der Waals surface area contributed by atoms with Gasteiger partial charge in [-0.1, -0.05) is 32.0 Å². The molecule has 1 fully saturated rings. The van der Waals surface area contributed by atoms with Gasteiger partial charge in [-0.05, 0) is 37.4 Å². The van der Waals surface area contributed by atoms with Crippen molar-refractivity contribution in [3.63, 3.8) is 0 Å². The van der Waals surface area contributed by atoms with Gasteiger partial charge in [0, 0.05) is 19.2 Å². The molecule has 0 aromatic carbocycles. The van der Waals surface area contributed by atoms with Gasteiger partial charge in [-0.15, -0.1) is 0 Å². The van der Waals surface area contributed by atoms with Crippen LogP contribution in [0.1, 0.15) is 39.5 Å². The Kier molecular flexibility index (Phi) is 5.95. The van der Waals surface area contributed by atoms with E-state index >= 15 is 0 Å². The molecule has 2 rings (SSSR count). The Hall–Kier alpha value is -0.970. The van der Waals surface area contributed by atoms with Crippen molar-refractivity contribution in [3.8, 4) is 0 Å². The second-order valence-corrected chi connectivity index (χ2v) is 6.49. The molecule has 0 saturated heterocycles. The highest BCUT2D eigenvalue weighted by Gasteiger charge is 2.21. The molecule has 1 aliphatic rings. The number of nitrogens with one attached hydrogen (secondary N) is 2. The van der Waals surface area contributed by atoms with E-state index in [0.717, 1.165) is 48.1 Å². The maximum Gasteiger partial charge on any atom is 0.191 e. The summed E-state index contributed by atoms with van der Waals surface area (Å²) in [4.78, 5) is 9.02. The Morgan fingerprint density at radius 1 is 1.25 bits per heavy atom. The lowest BCUT2D eigenvalue weighted by molar-refractivity contribution is 0.536. The van der Waals surface area contributed by atoms with E-state index in [1.807, 2.05) is 12.3 Å². The smallest absolute Gasteiger partial charge is 0.191 e. The third-order valence-electron chi connectivity index (χ3n) is 3.82. The van der Waals surface area contributed by atoms with Crippen molar-refractivity contribution in [2.45, 2.75) is 44.7 Å². The number of anilines is 2. The summed E-state index contributed by atoms with van der Waals surface area (Å²) in [6.45, 7) is 6.49. The van der Waals surface area contributed by atoms with E-state index in [4.69, 9.17) is 0 Å². The van der Waals surface area contributed by atoms with Gasteiger partial charge in [-0.3, -0.25) is 0 Å². The van der Waals surface area contributed by atoms with Crippen LogP contribution in [0.5, 0.6) is 0 Å². The van der Waals surface area contributed by atoms with Crippen LogP contribution in [0.2, 0.25) is 0 Å². The molecule has 2 unspecified atom stereocenters. The summed E-state index contributed by atoms with van der Waals surface area (Å²) in [5.41, 5.74) is 0. The standard InChI is InChI=1S/C15H26N4S/c1-4-7-16-13-9-14(19-15(18-13)20-3)17-10-12-6-5-11(2)8-12/h9,11-12H,4-8,10H2,1-3H3,(H2,16,17,18,19). The Morgan fingerprint density at radius 3 is 2.60 bits per heavy atom. The molecule has 0 bridgehead atoms. The highest BCUT2D eigenvalue weighted by atomic mass is 32.2. The van der Waals surface area contributed by atoms with E-state index in [9.17, 15) is 0 Å². The summed E-state index contributed by atoms with van der Waals surface area (Å²) in [5, 5.41) is 7.66. The van der Waals surface area contributed by atoms with Crippen LogP contribution in [0.4, 0.5) is 11.6 Å². The van der Waals surface area contributed by atoms with Crippen molar-refractivity contribution in [2.24, 2.45) is 11.8 Å². The molecule has 4 nitrogen and oxygen atoms in total. The van der Waals surface area contributed by atoms with Gasteiger partial charge in [0.1, 0.15) is 11.6 Å². The lowest BCUT2D eigenvalue weighted by atomic mass is 10.1. The fourth-order valence-corrected chi connectivity index (χ4v) is 3.09. The van der Waals surface area contributed by atoms with Crippen molar-refractivity contribution in [1.29, 1.82) is 0 Å². The van der Waals surface area contributed by atoms with Gasteiger partial charge < -0.3 is 10.6 Å². The van der Waals surface area contributed by atoms with E-state index in [2.05, 4.69) is 34.4 Å². The summed E-state index contributed by atoms with van der Waals surface area (Å²) in [5.74, 6) is 3.55. The zero-order chi connectivity index (χ0) is 14.4. The number of rotatable bonds is 7. The van der Waals surface area contributed by atoms with Crippen LogP contribution in [-0.4, -0.2) is 29.3 Å². The van der Waals surface area contributed by atoms with Crippen LogP contribution in [0.3, 0.4) is 0 Å². The van der Waals surface area contributed by atoms with Gasteiger partial charge in [-0.25, -0.2) is 9.97 Å². The van der Waals surface area contributed by atoms with Crippen molar-refractivity contribution in [2.75, 3.05) is 30.0 Å². The third kappa shape index (κ3) is 4.54. The average Bonchev–Trinajstić information content (AvgIpc) is 2.88. The van der Waals surface area contributed by atoms with E-state index in [1.165, 1.54) is 19.3 Å². The molecule has 2 N–H and O–H groups in total. The summed E-state index contributed by atoms with van der Waals surface area (Å²) in [6.07, 6.45) is 7.17. The minimum absolute atomic E-state index is 0.796. The number of hydrogen-bond acceptors (Lipinski definition) is 5. The van der Waals surface area contributed by atoms with Crippen LogP contribution >= 0.6 is 11.8 Å². The molecule has 1 aromatic rings. The number of nitrogens with zero attached hydrogens (tertiary/aromatic N) is 2. The normalized spacial score (nSPS) is 21.9. The highest BCUT2D eigenvalue weighted by Crippen LogP contribution is 2.30. The lowest BCUT2D eigenvalue weighted by Crippen LogP contribution is -2.13. The second-order valence-electron chi connectivity index (χ2n) is 5.72. The summed E-state index contributed by atoms with van der Waals surface area (Å²) in [7, 11) is 0. The maximum atomic E-state index is 4.54. The van der Waals surface area contributed by atoms with E-state index in [-0.39, 0.29) is 0 Å². The first-order valence-electron chi connectivity index (χ1n) is 7.62. The topological polar surface area (TPSA) is 49.8 Å². The van der Waals surface area contributed by atoms with Crippen molar-refractivity contribution < 1.29 is 0 Å². The third-order valence-corrected chi connectivity index (χ3v) is 4.37. The van der Waals surface area contributed by atoms with Crippen LogP contribution in [0, 0.1) is 11.8 Å². The Labute approximate surface area is 126 Å². The van der Waals surface area contributed by atoms with Crippen LogP contribution < -0.4 is 10.6 Å². The van der Waals surface area contributed by atoms with Crippen LogP contribution in [-0.2, 0) is 0 Å². The maximum absolute atomic E-state index is 4.54. The van der Waals surface area contributed by atoms with E-state index in [0.29, 0.717) is 0 Å².